The van der Waals surface area contributed by atoms with Crippen molar-refractivity contribution >= 4 is 18.2 Å². The van der Waals surface area contributed by atoms with Crippen molar-refractivity contribution in [2.75, 3.05) is 11.4 Å². The maximum atomic E-state index is 13.0. The number of pyridine rings is 1. The molecule has 1 saturated carbocycles. The summed E-state index contributed by atoms with van der Waals surface area (Å²) in [6.45, 7) is 6.43. The van der Waals surface area contributed by atoms with Crippen LogP contribution in [0.15, 0.2) is 54.9 Å². The summed E-state index contributed by atoms with van der Waals surface area (Å²) >= 11 is 0. The highest BCUT2D eigenvalue weighted by Crippen LogP contribution is 2.44. The lowest BCUT2D eigenvalue weighted by Crippen LogP contribution is -2.50. The van der Waals surface area contributed by atoms with Gasteiger partial charge < -0.3 is 9.64 Å². The second-order valence-electron chi connectivity index (χ2n) is 8.22. The van der Waals surface area contributed by atoms with Crippen molar-refractivity contribution in [2.24, 2.45) is 0 Å². The fourth-order valence-electron chi connectivity index (χ4n) is 3.20. The highest BCUT2D eigenvalue weighted by atomic mass is 16.6. The van der Waals surface area contributed by atoms with Crippen LogP contribution < -0.4 is 4.90 Å². The van der Waals surface area contributed by atoms with Crippen LogP contribution in [0.1, 0.15) is 39.2 Å². The second kappa shape index (κ2) is 8.00. The van der Waals surface area contributed by atoms with Crippen LogP contribution in [0.4, 0.5) is 10.5 Å². The second-order valence-corrected chi connectivity index (χ2v) is 8.22. The summed E-state index contributed by atoms with van der Waals surface area (Å²) in [5, 5.41) is 0. The molecule has 1 fully saturated rings. The average Bonchev–Trinajstić information content (AvgIpc) is 3.45. The van der Waals surface area contributed by atoms with Gasteiger partial charge in [-0.1, -0.05) is 30.3 Å². The fraction of sp³-hybridized carbons (Fsp3) is 0.409. The molecule has 2 amide bonds. The van der Waals surface area contributed by atoms with E-state index in [1.54, 1.807) is 28.3 Å². The van der Waals surface area contributed by atoms with E-state index in [0.717, 1.165) is 24.8 Å². The molecule has 6 heteroatoms. The number of carbonyl (C=O) groups excluding carboxylic acids is 2. The summed E-state index contributed by atoms with van der Waals surface area (Å²) in [6.07, 6.45) is 5.41. The predicted molar refractivity (Wildman–Crippen MR) is 108 cm³/mol. The molecule has 148 valence electrons. The summed E-state index contributed by atoms with van der Waals surface area (Å²) in [6, 6.07) is 13.5. The number of hydrogen-bond acceptors (Lipinski definition) is 4. The van der Waals surface area contributed by atoms with Gasteiger partial charge in [0.1, 0.15) is 5.60 Å². The van der Waals surface area contributed by atoms with Gasteiger partial charge in [-0.25, -0.2) is 4.79 Å². The molecule has 0 saturated heterocycles. The number of benzene rings is 1. The molecule has 0 aliphatic heterocycles. The van der Waals surface area contributed by atoms with Gasteiger partial charge in [-0.15, -0.1) is 0 Å². The van der Waals surface area contributed by atoms with Crippen LogP contribution in [0.25, 0.3) is 0 Å². The minimum atomic E-state index is -0.588. The number of ether oxygens (including phenoxy) is 1. The molecule has 0 atom stereocenters. The molecule has 0 unspecified atom stereocenters. The Bertz CT molecular complexity index is 799. The maximum absolute atomic E-state index is 13.0. The Morgan fingerprint density at radius 1 is 1.18 bits per heavy atom. The molecule has 1 aromatic carbocycles. The van der Waals surface area contributed by atoms with Crippen molar-refractivity contribution < 1.29 is 14.3 Å². The largest absolute Gasteiger partial charge is 0.444 e. The van der Waals surface area contributed by atoms with Gasteiger partial charge >= 0.3 is 6.09 Å². The number of nitrogens with zero attached hydrogens (tertiary/aromatic N) is 3. The van der Waals surface area contributed by atoms with Gasteiger partial charge in [0.2, 0.25) is 6.41 Å². The Morgan fingerprint density at radius 3 is 2.43 bits per heavy atom. The molecule has 28 heavy (non-hydrogen) atoms. The molecule has 6 nitrogen and oxygen atoms in total. The highest BCUT2D eigenvalue weighted by Gasteiger charge is 2.52. The first-order valence-corrected chi connectivity index (χ1v) is 9.49. The Labute approximate surface area is 166 Å². The van der Waals surface area contributed by atoms with E-state index in [0.29, 0.717) is 18.8 Å². The zero-order chi connectivity index (χ0) is 20.2. The minimum Gasteiger partial charge on any atom is -0.444 e. The number of rotatable bonds is 7. The third-order valence-corrected chi connectivity index (χ3v) is 4.77. The number of carbonyl (C=O) groups is 2. The molecule has 1 aliphatic carbocycles. The first-order chi connectivity index (χ1) is 13.3. The van der Waals surface area contributed by atoms with Crippen molar-refractivity contribution in [2.45, 2.75) is 51.3 Å². The highest BCUT2D eigenvalue weighted by molar-refractivity contribution is 5.76. The van der Waals surface area contributed by atoms with Crippen LogP contribution in [0, 0.1) is 0 Å². The molecule has 0 bridgehead atoms. The van der Waals surface area contributed by atoms with Crippen molar-refractivity contribution in [3.05, 3.63) is 60.4 Å². The van der Waals surface area contributed by atoms with Crippen molar-refractivity contribution in [3.63, 3.8) is 0 Å². The van der Waals surface area contributed by atoms with E-state index in [-0.39, 0.29) is 6.09 Å². The fourth-order valence-corrected chi connectivity index (χ4v) is 3.20. The van der Waals surface area contributed by atoms with Gasteiger partial charge in [0, 0.05) is 19.3 Å². The topological polar surface area (TPSA) is 62.7 Å². The zero-order valence-corrected chi connectivity index (χ0v) is 16.7. The lowest BCUT2D eigenvalue weighted by atomic mass is 10.1. The standard InChI is InChI=1S/C22H27N3O3/c1-21(2,3)28-20(27)25(15-18-8-5-4-6-9-18)22(11-12-22)16-24(17-26)19-10-7-13-23-14-19/h4-10,13-14,17H,11-12,15-16H2,1-3H3. The molecule has 3 rings (SSSR count). The smallest absolute Gasteiger partial charge is 0.411 e. The number of aromatic nitrogens is 1. The monoisotopic (exact) mass is 381 g/mol. The molecule has 1 aliphatic rings. The molecule has 0 radical (unpaired) electrons. The van der Waals surface area contributed by atoms with Crippen molar-refractivity contribution in [3.8, 4) is 0 Å². The van der Waals surface area contributed by atoms with Gasteiger partial charge in [0.25, 0.3) is 0 Å². The first-order valence-electron chi connectivity index (χ1n) is 9.49. The van der Waals surface area contributed by atoms with E-state index in [4.69, 9.17) is 4.74 Å². The third-order valence-electron chi connectivity index (χ3n) is 4.77. The summed E-state index contributed by atoms with van der Waals surface area (Å²) in [5.41, 5.74) is 0.719. The van der Waals surface area contributed by atoms with E-state index in [2.05, 4.69) is 4.98 Å². The minimum absolute atomic E-state index is 0.356. The van der Waals surface area contributed by atoms with E-state index >= 15 is 0 Å². The summed E-state index contributed by atoms with van der Waals surface area (Å²) in [5.74, 6) is 0. The van der Waals surface area contributed by atoms with Crippen LogP contribution in [-0.2, 0) is 16.1 Å². The Morgan fingerprint density at radius 2 is 1.89 bits per heavy atom. The average molecular weight is 381 g/mol. The summed E-state index contributed by atoms with van der Waals surface area (Å²) in [7, 11) is 0. The van der Waals surface area contributed by atoms with Gasteiger partial charge in [-0.2, -0.15) is 0 Å². The third kappa shape index (κ3) is 4.88. The van der Waals surface area contributed by atoms with E-state index in [1.165, 1.54) is 0 Å². The molecular weight excluding hydrogens is 354 g/mol. The Hall–Kier alpha value is -2.89. The van der Waals surface area contributed by atoms with Crippen LogP contribution in [0.3, 0.4) is 0 Å². The molecule has 0 N–H and O–H groups in total. The van der Waals surface area contributed by atoms with Gasteiger partial charge in [-0.05, 0) is 51.3 Å². The van der Waals surface area contributed by atoms with Gasteiger partial charge in [-0.3, -0.25) is 14.7 Å². The zero-order valence-electron chi connectivity index (χ0n) is 16.7. The van der Waals surface area contributed by atoms with E-state index in [9.17, 15) is 9.59 Å². The molecule has 1 heterocycles. The van der Waals surface area contributed by atoms with Crippen LogP contribution in [0.5, 0.6) is 0 Å². The molecule has 2 aromatic rings. The first kappa shape index (κ1) is 19.9. The summed E-state index contributed by atoms with van der Waals surface area (Å²) in [4.78, 5) is 32.3. The molecular formula is C22H27N3O3. The van der Waals surface area contributed by atoms with Crippen LogP contribution in [-0.4, -0.2) is 40.1 Å². The molecule has 0 spiro atoms. The van der Waals surface area contributed by atoms with E-state index in [1.807, 2.05) is 57.2 Å². The normalized spacial score (nSPS) is 14.8. The van der Waals surface area contributed by atoms with Crippen LogP contribution >= 0.6 is 0 Å². The van der Waals surface area contributed by atoms with Gasteiger partial charge in [0.05, 0.1) is 17.4 Å². The Balaban J connectivity index is 1.85. The summed E-state index contributed by atoms with van der Waals surface area (Å²) < 4.78 is 5.69. The number of hydrogen-bond donors (Lipinski definition) is 0. The predicted octanol–water partition coefficient (Wildman–Crippen LogP) is 4.01. The molecule has 1 aromatic heterocycles. The number of anilines is 1. The SMILES string of the molecule is CC(C)(C)OC(=O)N(Cc1ccccc1)C1(CN(C=O)c2cccnc2)CC1. The van der Waals surface area contributed by atoms with E-state index < -0.39 is 11.1 Å². The van der Waals surface area contributed by atoms with Crippen molar-refractivity contribution in [1.82, 2.24) is 9.88 Å². The Kier molecular flexibility index (Phi) is 5.68. The quantitative estimate of drug-likeness (QED) is 0.680. The lowest BCUT2D eigenvalue weighted by Gasteiger charge is -2.36. The maximum Gasteiger partial charge on any atom is 0.411 e. The lowest BCUT2D eigenvalue weighted by molar-refractivity contribution is -0.107. The van der Waals surface area contributed by atoms with Gasteiger partial charge in [0.15, 0.2) is 0 Å². The van der Waals surface area contributed by atoms with Crippen LogP contribution in [0.2, 0.25) is 0 Å². The number of amides is 2. The van der Waals surface area contributed by atoms with Crippen molar-refractivity contribution in [1.29, 1.82) is 0 Å².